The molecule has 0 aliphatic carbocycles. The average Bonchev–Trinajstić information content (AvgIpc) is 3.02. The molecule has 224 valence electrons. The molecule has 8 nitrogen and oxygen atoms in total. The summed E-state index contributed by atoms with van der Waals surface area (Å²) in [6, 6.07) is 1.84. The SMILES string of the molecule is C=CC(C)N/N=C(\C/C=C/C(=O)NC1CC(CC(C=C)C(C)(F)C=C)CN(C)C1)c1ccncnn(CC)cc1C. The summed E-state index contributed by atoms with van der Waals surface area (Å²) >= 11 is 0. The summed E-state index contributed by atoms with van der Waals surface area (Å²) in [7, 11) is 2.03. The van der Waals surface area contributed by atoms with Crippen molar-refractivity contribution in [2.75, 3.05) is 20.1 Å². The van der Waals surface area contributed by atoms with Crippen LogP contribution in [0.4, 0.5) is 4.39 Å². The van der Waals surface area contributed by atoms with E-state index in [1.54, 1.807) is 31.3 Å². The predicted molar refractivity (Wildman–Crippen MR) is 167 cm³/mol. The Labute approximate surface area is 245 Å². The number of allylic oxidation sites excluding steroid dienone is 3. The molecular weight excluding hydrogens is 517 g/mol. The van der Waals surface area contributed by atoms with Crippen molar-refractivity contribution >= 4 is 11.6 Å². The first-order valence-corrected chi connectivity index (χ1v) is 14.3. The van der Waals surface area contributed by atoms with Crippen LogP contribution in [0.25, 0.3) is 0 Å². The van der Waals surface area contributed by atoms with E-state index in [-0.39, 0.29) is 29.8 Å². The van der Waals surface area contributed by atoms with Crippen LogP contribution in [0.3, 0.4) is 0 Å². The maximum Gasteiger partial charge on any atom is 0.243 e. The molecule has 1 amide bonds. The van der Waals surface area contributed by atoms with Gasteiger partial charge in [-0.3, -0.25) is 9.48 Å². The zero-order valence-electron chi connectivity index (χ0n) is 25.4. The van der Waals surface area contributed by atoms with Gasteiger partial charge in [0.25, 0.3) is 0 Å². The van der Waals surface area contributed by atoms with Gasteiger partial charge in [-0.2, -0.15) is 10.2 Å². The molecule has 0 saturated carbocycles. The monoisotopic (exact) mass is 565 g/mol. The van der Waals surface area contributed by atoms with Gasteiger partial charge in [0.1, 0.15) is 12.0 Å². The highest BCUT2D eigenvalue weighted by atomic mass is 19.1. The number of nitrogens with one attached hydrogen (secondary N) is 2. The van der Waals surface area contributed by atoms with E-state index in [0.717, 1.165) is 36.3 Å². The van der Waals surface area contributed by atoms with Crippen LogP contribution in [-0.2, 0) is 11.3 Å². The van der Waals surface area contributed by atoms with Crippen LogP contribution in [0.15, 0.2) is 80.0 Å². The molecule has 1 aliphatic rings. The number of halogens is 1. The molecule has 0 aromatic carbocycles. The Hall–Kier alpha value is -3.59. The molecule has 5 unspecified atom stereocenters. The molecule has 0 spiro atoms. The van der Waals surface area contributed by atoms with Gasteiger partial charge >= 0.3 is 0 Å². The number of alkyl halides is 1. The minimum absolute atomic E-state index is 0.0266. The Balaban J connectivity index is 2.17. The van der Waals surface area contributed by atoms with Crippen LogP contribution in [-0.4, -0.2) is 69.2 Å². The van der Waals surface area contributed by atoms with E-state index in [4.69, 9.17) is 0 Å². The third kappa shape index (κ3) is 11.1. The largest absolute Gasteiger partial charge is 0.349 e. The standard InChI is InChI=1S/C32H48FN7O/c1-9-25(6)37-38-30(29-16-17-34-23-35-40(12-4)20-24(29)5)14-13-15-31(41)36-28-19-26(21-39(8)22-28)18-27(10-2)32(7,33)11-3/h9-11,13,15-17,20,23,25-28,37H,1-3,12,14,18-19,21-22H2,4-8H3,(H,36,41)/b15-13+,24-20?,29-16?,34-17?,35-23?,38-30+. The Morgan fingerprint density at radius 3 is 2.73 bits per heavy atom. The first-order valence-electron chi connectivity index (χ1n) is 14.3. The van der Waals surface area contributed by atoms with Gasteiger partial charge in [-0.15, -0.1) is 13.2 Å². The average molecular weight is 566 g/mol. The van der Waals surface area contributed by atoms with Gasteiger partial charge in [0, 0.05) is 56.0 Å². The lowest BCUT2D eigenvalue weighted by atomic mass is 9.80. The fourth-order valence-corrected chi connectivity index (χ4v) is 4.97. The van der Waals surface area contributed by atoms with Crippen molar-refractivity contribution in [3.05, 3.63) is 86.0 Å². The second-order valence-corrected chi connectivity index (χ2v) is 11.0. The summed E-state index contributed by atoms with van der Waals surface area (Å²) in [5, 5.41) is 12.1. The smallest absolute Gasteiger partial charge is 0.243 e. The number of aromatic nitrogens is 3. The van der Waals surface area contributed by atoms with Crippen molar-refractivity contribution in [3.8, 4) is 0 Å². The molecule has 1 saturated heterocycles. The van der Waals surface area contributed by atoms with Crippen LogP contribution >= 0.6 is 0 Å². The highest BCUT2D eigenvalue weighted by Crippen LogP contribution is 2.33. The Morgan fingerprint density at radius 1 is 1.32 bits per heavy atom. The van der Waals surface area contributed by atoms with Gasteiger partial charge in [0.05, 0.1) is 11.8 Å². The fourth-order valence-electron chi connectivity index (χ4n) is 4.97. The zero-order chi connectivity index (χ0) is 30.4. The van der Waals surface area contributed by atoms with Crippen molar-refractivity contribution in [3.63, 3.8) is 0 Å². The Morgan fingerprint density at radius 2 is 2.07 bits per heavy atom. The lowest BCUT2D eigenvalue weighted by molar-refractivity contribution is -0.117. The van der Waals surface area contributed by atoms with Crippen molar-refractivity contribution in [2.24, 2.45) is 16.9 Å². The topological polar surface area (TPSA) is 87.4 Å². The number of rotatable bonds is 14. The minimum Gasteiger partial charge on any atom is -0.349 e. The van der Waals surface area contributed by atoms with Crippen LogP contribution in [0.2, 0.25) is 0 Å². The van der Waals surface area contributed by atoms with E-state index in [9.17, 15) is 9.18 Å². The summed E-state index contributed by atoms with van der Waals surface area (Å²) in [5.74, 6) is -0.259. The molecule has 1 aliphatic heterocycles. The fraction of sp³-hybridized carbons (Fsp3) is 0.500. The quantitative estimate of drug-likeness (QED) is 0.142. The number of likely N-dealkylation sites (N-methyl/N-ethyl adjacent to an activating group) is 1. The summed E-state index contributed by atoms with van der Waals surface area (Å²) in [6.45, 7) is 21.1. The summed E-state index contributed by atoms with van der Waals surface area (Å²) in [4.78, 5) is 19.3. The van der Waals surface area contributed by atoms with E-state index in [1.807, 2.05) is 50.8 Å². The number of nitrogens with zero attached hydrogens (tertiary/aromatic N) is 5. The molecule has 5 atom stereocenters. The second-order valence-electron chi connectivity index (χ2n) is 11.0. The maximum atomic E-state index is 14.9. The molecule has 2 N–H and O–H groups in total. The van der Waals surface area contributed by atoms with Gasteiger partial charge < -0.3 is 15.6 Å². The number of piperidine rings is 1. The lowest BCUT2D eigenvalue weighted by Gasteiger charge is -2.38. The molecule has 2 heterocycles. The molecule has 0 bridgehead atoms. The van der Waals surface area contributed by atoms with Crippen molar-refractivity contribution in [1.29, 1.82) is 0 Å². The first-order chi connectivity index (χ1) is 19.5. The Kier molecular flexibility index (Phi) is 13.6. The predicted octanol–water partition coefficient (Wildman–Crippen LogP) is 5.09. The van der Waals surface area contributed by atoms with Crippen molar-refractivity contribution < 1.29 is 9.18 Å². The minimum atomic E-state index is -1.51. The number of likely N-dealkylation sites (tertiary alicyclic amines) is 1. The highest BCUT2D eigenvalue weighted by Gasteiger charge is 2.34. The number of amides is 1. The number of hydrazone groups is 1. The molecule has 0 radical (unpaired) electrons. The van der Waals surface area contributed by atoms with Crippen LogP contribution in [0.1, 0.15) is 51.2 Å². The first kappa shape index (κ1) is 33.6. The van der Waals surface area contributed by atoms with E-state index >= 15 is 0 Å². The normalized spacial score (nSPS) is 20.8. The van der Waals surface area contributed by atoms with Gasteiger partial charge in [-0.05, 0) is 71.2 Å². The van der Waals surface area contributed by atoms with E-state index < -0.39 is 5.67 Å². The molecule has 1 aromatic heterocycles. The van der Waals surface area contributed by atoms with Crippen molar-refractivity contribution in [1.82, 2.24) is 30.4 Å². The summed E-state index contributed by atoms with van der Waals surface area (Å²) in [6.07, 6.45) is 15.2. The van der Waals surface area contributed by atoms with Gasteiger partial charge in [-0.1, -0.05) is 30.9 Å². The Bertz CT molecular complexity index is 1150. The third-order valence-corrected chi connectivity index (χ3v) is 7.40. The van der Waals surface area contributed by atoms with E-state index in [1.165, 1.54) is 12.4 Å². The number of hydrogen-bond donors (Lipinski definition) is 2. The highest BCUT2D eigenvalue weighted by molar-refractivity contribution is 6.02. The van der Waals surface area contributed by atoms with Crippen LogP contribution < -0.4 is 10.7 Å². The molecule has 41 heavy (non-hydrogen) atoms. The molecule has 2 rings (SSSR count). The molecular formula is C32H48FN7O. The summed E-state index contributed by atoms with van der Waals surface area (Å²) in [5.41, 5.74) is 4.21. The van der Waals surface area contributed by atoms with E-state index in [2.05, 4.69) is 50.6 Å². The molecule has 1 fully saturated rings. The van der Waals surface area contributed by atoms with E-state index in [0.29, 0.717) is 19.4 Å². The zero-order valence-corrected chi connectivity index (χ0v) is 25.4. The van der Waals surface area contributed by atoms with Gasteiger partial charge in [-0.25, -0.2) is 9.37 Å². The number of carbonyl (C=O) groups excluding carboxylic acids is 1. The van der Waals surface area contributed by atoms with Crippen molar-refractivity contribution in [2.45, 2.75) is 71.3 Å². The lowest BCUT2D eigenvalue weighted by Crippen LogP contribution is -2.49. The molecule has 9 heteroatoms. The second kappa shape index (κ2) is 16.6. The summed E-state index contributed by atoms with van der Waals surface area (Å²) < 4.78 is 16.7. The van der Waals surface area contributed by atoms with Crippen LogP contribution in [0.5, 0.6) is 0 Å². The van der Waals surface area contributed by atoms with Gasteiger partial charge in [0.2, 0.25) is 5.91 Å². The number of aryl methyl sites for hydroxylation is 2. The van der Waals surface area contributed by atoms with Gasteiger partial charge in [0.15, 0.2) is 0 Å². The maximum absolute atomic E-state index is 14.9. The van der Waals surface area contributed by atoms with Crippen LogP contribution in [0, 0.1) is 18.8 Å². The molecule has 1 aromatic rings. The number of carbonyl (C=O) groups is 1. The third-order valence-electron chi connectivity index (χ3n) is 7.40. The number of hydrogen-bond acceptors (Lipinski definition) is 6.